The van der Waals surface area contributed by atoms with Gasteiger partial charge in [-0.05, 0) is 43.6 Å². The molecule has 1 nitrogen and oxygen atoms in total. The number of rotatable bonds is 6. The SMILES string of the molecule is CCNC(C)CC(C)(C)CCC(C)(C)C. The van der Waals surface area contributed by atoms with E-state index in [9.17, 15) is 0 Å². The summed E-state index contributed by atoms with van der Waals surface area (Å²) in [5.41, 5.74) is 0.938. The molecule has 0 saturated carbocycles. The second-order valence-electron chi connectivity index (χ2n) is 6.89. The van der Waals surface area contributed by atoms with E-state index in [4.69, 9.17) is 0 Å². The van der Waals surface area contributed by atoms with Crippen LogP contribution in [-0.4, -0.2) is 12.6 Å². The van der Waals surface area contributed by atoms with Gasteiger partial charge in [-0.15, -0.1) is 0 Å². The molecule has 0 rings (SSSR count). The molecule has 1 unspecified atom stereocenters. The Hall–Kier alpha value is -0.0400. The standard InChI is InChI=1S/C14H31N/c1-8-15-12(2)11-14(6,7)10-9-13(3,4)5/h12,15H,8-11H2,1-7H3. The quantitative estimate of drug-likeness (QED) is 0.696. The van der Waals surface area contributed by atoms with E-state index in [2.05, 4.69) is 53.8 Å². The second kappa shape index (κ2) is 5.89. The maximum absolute atomic E-state index is 3.50. The summed E-state index contributed by atoms with van der Waals surface area (Å²) in [5.74, 6) is 0. The van der Waals surface area contributed by atoms with Crippen molar-refractivity contribution in [1.29, 1.82) is 0 Å². The van der Waals surface area contributed by atoms with Gasteiger partial charge in [0.15, 0.2) is 0 Å². The number of nitrogens with one attached hydrogen (secondary N) is 1. The smallest absolute Gasteiger partial charge is 0.00436 e. The van der Waals surface area contributed by atoms with Crippen LogP contribution in [-0.2, 0) is 0 Å². The zero-order valence-electron chi connectivity index (χ0n) is 11.9. The van der Waals surface area contributed by atoms with E-state index < -0.39 is 0 Å². The van der Waals surface area contributed by atoms with E-state index in [1.807, 2.05) is 0 Å². The highest BCUT2D eigenvalue weighted by molar-refractivity contribution is 4.77. The largest absolute Gasteiger partial charge is 0.315 e. The van der Waals surface area contributed by atoms with Crippen LogP contribution in [0.5, 0.6) is 0 Å². The third-order valence-corrected chi connectivity index (χ3v) is 2.96. The van der Waals surface area contributed by atoms with Crippen LogP contribution >= 0.6 is 0 Å². The van der Waals surface area contributed by atoms with Gasteiger partial charge < -0.3 is 5.32 Å². The number of hydrogen-bond donors (Lipinski definition) is 1. The average Bonchev–Trinajstić information content (AvgIpc) is 1.99. The Morgan fingerprint density at radius 1 is 1.00 bits per heavy atom. The first-order valence-corrected chi connectivity index (χ1v) is 6.40. The lowest BCUT2D eigenvalue weighted by Crippen LogP contribution is -2.31. The molecule has 1 N–H and O–H groups in total. The van der Waals surface area contributed by atoms with Crippen molar-refractivity contribution < 1.29 is 0 Å². The molecule has 0 aromatic carbocycles. The molecule has 0 spiro atoms. The third-order valence-electron chi connectivity index (χ3n) is 2.96. The topological polar surface area (TPSA) is 12.0 Å². The molecule has 15 heavy (non-hydrogen) atoms. The van der Waals surface area contributed by atoms with Gasteiger partial charge in [0.1, 0.15) is 0 Å². The molecule has 0 aromatic rings. The summed E-state index contributed by atoms with van der Waals surface area (Å²) in [6.07, 6.45) is 3.92. The molecule has 0 bridgehead atoms. The molecule has 0 aliphatic heterocycles. The molecule has 1 heteroatoms. The van der Waals surface area contributed by atoms with Gasteiger partial charge in [-0.2, -0.15) is 0 Å². The maximum atomic E-state index is 3.50. The third kappa shape index (κ3) is 8.92. The van der Waals surface area contributed by atoms with Crippen molar-refractivity contribution >= 4 is 0 Å². The van der Waals surface area contributed by atoms with E-state index in [1.54, 1.807) is 0 Å². The van der Waals surface area contributed by atoms with Crippen molar-refractivity contribution in [3.05, 3.63) is 0 Å². The zero-order chi connectivity index (χ0) is 12.1. The molecule has 0 fully saturated rings. The van der Waals surface area contributed by atoms with E-state index >= 15 is 0 Å². The summed E-state index contributed by atoms with van der Waals surface area (Å²) in [6, 6.07) is 0.643. The van der Waals surface area contributed by atoms with Crippen molar-refractivity contribution in [3.63, 3.8) is 0 Å². The van der Waals surface area contributed by atoms with Crippen LogP contribution in [0.2, 0.25) is 0 Å². The monoisotopic (exact) mass is 213 g/mol. The number of hydrogen-bond acceptors (Lipinski definition) is 1. The Morgan fingerprint density at radius 2 is 1.53 bits per heavy atom. The first kappa shape index (κ1) is 15.0. The van der Waals surface area contributed by atoms with E-state index in [1.165, 1.54) is 19.3 Å². The van der Waals surface area contributed by atoms with Crippen LogP contribution in [0, 0.1) is 10.8 Å². The predicted molar refractivity (Wildman–Crippen MR) is 70.2 cm³/mol. The Bertz CT molecular complexity index is 165. The highest BCUT2D eigenvalue weighted by Crippen LogP contribution is 2.33. The van der Waals surface area contributed by atoms with Gasteiger partial charge in [0.25, 0.3) is 0 Å². The van der Waals surface area contributed by atoms with Crippen LogP contribution in [0.25, 0.3) is 0 Å². The lowest BCUT2D eigenvalue weighted by atomic mass is 9.77. The fraction of sp³-hybridized carbons (Fsp3) is 1.00. The maximum Gasteiger partial charge on any atom is 0.00436 e. The normalized spacial score (nSPS) is 15.4. The highest BCUT2D eigenvalue weighted by atomic mass is 14.9. The lowest BCUT2D eigenvalue weighted by Gasteiger charge is -2.31. The molecule has 0 radical (unpaired) electrons. The van der Waals surface area contributed by atoms with E-state index in [0.29, 0.717) is 16.9 Å². The van der Waals surface area contributed by atoms with Gasteiger partial charge in [0.05, 0.1) is 0 Å². The molecular formula is C14H31N. The van der Waals surface area contributed by atoms with Gasteiger partial charge in [0, 0.05) is 6.04 Å². The molecule has 0 heterocycles. The second-order valence-corrected chi connectivity index (χ2v) is 6.89. The fourth-order valence-corrected chi connectivity index (χ4v) is 2.06. The molecular weight excluding hydrogens is 182 g/mol. The van der Waals surface area contributed by atoms with Crippen LogP contribution in [0.15, 0.2) is 0 Å². The van der Waals surface area contributed by atoms with Gasteiger partial charge in [-0.25, -0.2) is 0 Å². The first-order valence-electron chi connectivity index (χ1n) is 6.40. The summed E-state index contributed by atoms with van der Waals surface area (Å²) in [7, 11) is 0. The molecule has 0 aliphatic rings. The van der Waals surface area contributed by atoms with Crippen molar-refractivity contribution in [3.8, 4) is 0 Å². The molecule has 0 aromatic heterocycles. The van der Waals surface area contributed by atoms with Crippen LogP contribution < -0.4 is 5.32 Å². The Balaban J connectivity index is 3.96. The highest BCUT2D eigenvalue weighted by Gasteiger charge is 2.23. The van der Waals surface area contributed by atoms with Gasteiger partial charge in [-0.1, -0.05) is 41.5 Å². The lowest BCUT2D eigenvalue weighted by molar-refractivity contribution is 0.221. The van der Waals surface area contributed by atoms with Crippen LogP contribution in [0.4, 0.5) is 0 Å². The minimum Gasteiger partial charge on any atom is -0.315 e. The average molecular weight is 213 g/mol. The summed E-state index contributed by atoms with van der Waals surface area (Å²) >= 11 is 0. The minimum atomic E-state index is 0.467. The first-order chi connectivity index (χ1) is 6.66. The Kier molecular flexibility index (Phi) is 5.87. The molecule has 0 aliphatic carbocycles. The molecule has 0 saturated heterocycles. The van der Waals surface area contributed by atoms with Gasteiger partial charge in [-0.3, -0.25) is 0 Å². The zero-order valence-corrected chi connectivity index (χ0v) is 11.9. The Labute approximate surface area is 97.0 Å². The summed E-state index contributed by atoms with van der Waals surface area (Å²) < 4.78 is 0. The molecule has 92 valence electrons. The van der Waals surface area contributed by atoms with Crippen LogP contribution in [0.3, 0.4) is 0 Å². The van der Waals surface area contributed by atoms with Gasteiger partial charge in [0.2, 0.25) is 0 Å². The van der Waals surface area contributed by atoms with Crippen molar-refractivity contribution in [2.24, 2.45) is 10.8 Å². The van der Waals surface area contributed by atoms with Crippen molar-refractivity contribution in [2.75, 3.05) is 6.54 Å². The van der Waals surface area contributed by atoms with E-state index in [0.717, 1.165) is 6.54 Å². The Morgan fingerprint density at radius 3 is 1.93 bits per heavy atom. The predicted octanol–water partition coefficient (Wildman–Crippen LogP) is 4.23. The van der Waals surface area contributed by atoms with E-state index in [-0.39, 0.29) is 0 Å². The van der Waals surface area contributed by atoms with Crippen molar-refractivity contribution in [2.45, 2.75) is 73.8 Å². The molecule has 1 atom stereocenters. The fourth-order valence-electron chi connectivity index (χ4n) is 2.06. The minimum absolute atomic E-state index is 0.467. The summed E-state index contributed by atoms with van der Waals surface area (Å²) in [4.78, 5) is 0. The van der Waals surface area contributed by atoms with Crippen LogP contribution in [0.1, 0.15) is 67.7 Å². The van der Waals surface area contributed by atoms with Crippen molar-refractivity contribution in [1.82, 2.24) is 5.32 Å². The summed E-state index contributed by atoms with van der Waals surface area (Å²) in [6.45, 7) is 17.3. The van der Waals surface area contributed by atoms with Gasteiger partial charge >= 0.3 is 0 Å². The molecule has 0 amide bonds. The summed E-state index contributed by atoms with van der Waals surface area (Å²) in [5, 5.41) is 3.50.